The first-order valence-electron chi connectivity index (χ1n) is 5.38. The van der Waals surface area contributed by atoms with E-state index in [9.17, 15) is 4.79 Å². The van der Waals surface area contributed by atoms with Gasteiger partial charge >= 0.3 is 5.97 Å². The van der Waals surface area contributed by atoms with Crippen molar-refractivity contribution in [2.75, 3.05) is 18.1 Å². The summed E-state index contributed by atoms with van der Waals surface area (Å²) in [5, 5.41) is 14.6. The monoisotopic (exact) mass is 274 g/mol. The van der Waals surface area contributed by atoms with Crippen molar-refractivity contribution in [2.45, 2.75) is 31.4 Å². The largest absolute Gasteiger partial charge is 0.481 e. The lowest BCUT2D eigenvalue weighted by molar-refractivity contribution is -0.136. The number of hydrogen-bond acceptors (Lipinski definition) is 5. The molecule has 0 spiro atoms. The third-order valence-corrected chi connectivity index (χ3v) is 4.46. The Balaban J connectivity index is 2.43. The van der Waals surface area contributed by atoms with Crippen molar-refractivity contribution in [3.05, 3.63) is 11.1 Å². The summed E-state index contributed by atoms with van der Waals surface area (Å²) in [4.78, 5) is 14.8. The average Bonchev–Trinajstić information content (AvgIpc) is 2.72. The van der Waals surface area contributed by atoms with Crippen molar-refractivity contribution in [3.8, 4) is 0 Å². The molecule has 17 heavy (non-hydrogen) atoms. The van der Waals surface area contributed by atoms with Gasteiger partial charge in [0.15, 0.2) is 5.13 Å². The maximum Gasteiger partial charge on any atom is 0.303 e. The quantitative estimate of drug-likeness (QED) is 0.800. The Morgan fingerprint density at radius 1 is 1.65 bits per heavy atom. The van der Waals surface area contributed by atoms with Crippen LogP contribution in [0.1, 0.15) is 26.0 Å². The van der Waals surface area contributed by atoms with Crippen LogP contribution < -0.4 is 5.32 Å². The van der Waals surface area contributed by atoms with Gasteiger partial charge in [-0.15, -0.1) is 11.3 Å². The Morgan fingerprint density at radius 3 is 2.94 bits per heavy atom. The number of thioether (sulfide) groups is 1. The lowest BCUT2D eigenvalue weighted by atomic mass is 10.2. The van der Waals surface area contributed by atoms with Gasteiger partial charge in [0.25, 0.3) is 0 Å². The second-order valence-electron chi connectivity index (χ2n) is 4.36. The van der Waals surface area contributed by atoms with Crippen molar-refractivity contribution < 1.29 is 9.90 Å². The Morgan fingerprint density at radius 2 is 2.35 bits per heavy atom. The minimum atomic E-state index is -0.781. The number of carboxylic acids is 1. The highest BCUT2D eigenvalue weighted by atomic mass is 32.2. The molecule has 1 aromatic heterocycles. The first kappa shape index (κ1) is 14.3. The molecule has 0 saturated carbocycles. The molecular formula is C11H18N2O2S2. The summed E-state index contributed by atoms with van der Waals surface area (Å²) in [5.41, 5.74) is 0.849. The van der Waals surface area contributed by atoms with Gasteiger partial charge in [0.1, 0.15) is 0 Å². The molecule has 0 aliphatic carbocycles. The van der Waals surface area contributed by atoms with Crippen LogP contribution in [-0.2, 0) is 11.2 Å². The molecular weight excluding hydrogens is 256 g/mol. The molecule has 0 radical (unpaired) electrons. The summed E-state index contributed by atoms with van der Waals surface area (Å²) >= 11 is 3.33. The number of thiazole rings is 1. The van der Waals surface area contributed by atoms with Crippen LogP contribution in [0.4, 0.5) is 5.13 Å². The molecule has 0 aliphatic rings. The van der Waals surface area contributed by atoms with Gasteiger partial charge in [-0.3, -0.25) is 4.79 Å². The number of rotatable bonds is 7. The topological polar surface area (TPSA) is 62.2 Å². The summed E-state index contributed by atoms with van der Waals surface area (Å²) in [7, 11) is 0. The molecule has 0 aromatic carbocycles. The highest BCUT2D eigenvalue weighted by Crippen LogP contribution is 2.23. The fourth-order valence-electron chi connectivity index (χ4n) is 1.10. The maximum absolute atomic E-state index is 10.4. The van der Waals surface area contributed by atoms with Crippen LogP contribution in [0.15, 0.2) is 5.38 Å². The number of carboxylic acid groups (broad SMARTS) is 1. The fourth-order valence-corrected chi connectivity index (χ4v) is 2.06. The lowest BCUT2D eigenvalue weighted by Crippen LogP contribution is -2.25. The first-order chi connectivity index (χ1) is 7.93. The number of nitrogens with one attached hydrogen (secondary N) is 1. The van der Waals surface area contributed by atoms with E-state index in [1.807, 2.05) is 5.38 Å². The maximum atomic E-state index is 10.4. The zero-order chi connectivity index (χ0) is 12.9. The SMILES string of the molecule is CSC(C)(C)CNc1nc(CCC(=O)O)cs1. The molecule has 0 fully saturated rings. The summed E-state index contributed by atoms with van der Waals surface area (Å²) in [6.45, 7) is 5.19. The van der Waals surface area contributed by atoms with Crippen molar-refractivity contribution in [1.82, 2.24) is 4.98 Å². The Hall–Kier alpha value is -0.750. The second kappa shape index (κ2) is 6.26. The van der Waals surface area contributed by atoms with Gasteiger partial charge in [0.05, 0.1) is 12.1 Å². The highest BCUT2D eigenvalue weighted by Gasteiger charge is 2.16. The van der Waals surface area contributed by atoms with E-state index in [4.69, 9.17) is 5.11 Å². The van der Waals surface area contributed by atoms with Crippen LogP contribution in [-0.4, -0.2) is 33.6 Å². The van der Waals surface area contributed by atoms with Gasteiger partial charge in [-0.25, -0.2) is 4.98 Å². The van der Waals surface area contributed by atoms with Gasteiger partial charge in [-0.05, 0) is 20.1 Å². The van der Waals surface area contributed by atoms with Crippen molar-refractivity contribution >= 4 is 34.2 Å². The number of anilines is 1. The summed E-state index contributed by atoms with van der Waals surface area (Å²) < 4.78 is 0.174. The Bertz CT molecular complexity index is 377. The lowest BCUT2D eigenvalue weighted by Gasteiger charge is -2.21. The van der Waals surface area contributed by atoms with Crippen LogP contribution in [0.5, 0.6) is 0 Å². The van der Waals surface area contributed by atoms with Crippen LogP contribution >= 0.6 is 23.1 Å². The normalized spacial score (nSPS) is 11.5. The molecule has 0 saturated heterocycles. The standard InChI is InChI=1S/C11H18N2O2S2/c1-11(2,16-3)7-12-10-13-8(6-17-10)4-5-9(14)15/h6H,4-5,7H2,1-3H3,(H,12,13)(H,14,15). The molecule has 96 valence electrons. The first-order valence-corrected chi connectivity index (χ1v) is 7.48. The fraction of sp³-hybridized carbons (Fsp3) is 0.636. The van der Waals surface area contributed by atoms with Gasteiger partial charge < -0.3 is 10.4 Å². The minimum absolute atomic E-state index is 0.138. The number of aryl methyl sites for hydroxylation is 1. The zero-order valence-electron chi connectivity index (χ0n) is 10.3. The third kappa shape index (κ3) is 5.41. The van der Waals surface area contributed by atoms with E-state index in [1.54, 1.807) is 11.8 Å². The van der Waals surface area contributed by atoms with E-state index >= 15 is 0 Å². The molecule has 0 bridgehead atoms. The molecule has 4 nitrogen and oxygen atoms in total. The predicted molar refractivity (Wildman–Crippen MR) is 74.2 cm³/mol. The number of aromatic nitrogens is 1. The van der Waals surface area contributed by atoms with E-state index < -0.39 is 5.97 Å². The Labute approximate surface area is 110 Å². The average molecular weight is 274 g/mol. The van der Waals surface area contributed by atoms with Gasteiger partial charge in [0, 0.05) is 23.1 Å². The summed E-state index contributed by atoms with van der Waals surface area (Å²) in [5.74, 6) is -0.781. The molecule has 1 rings (SSSR count). The number of nitrogens with zero attached hydrogens (tertiary/aromatic N) is 1. The molecule has 0 unspecified atom stereocenters. The smallest absolute Gasteiger partial charge is 0.303 e. The molecule has 1 heterocycles. The predicted octanol–water partition coefficient (Wildman–Crippen LogP) is 2.71. The van der Waals surface area contributed by atoms with E-state index in [1.165, 1.54) is 11.3 Å². The Kier molecular flexibility index (Phi) is 5.27. The minimum Gasteiger partial charge on any atom is -0.481 e. The van der Waals surface area contributed by atoms with E-state index in [2.05, 4.69) is 30.4 Å². The van der Waals surface area contributed by atoms with E-state index in [0.717, 1.165) is 17.4 Å². The van der Waals surface area contributed by atoms with Crippen LogP contribution in [0.25, 0.3) is 0 Å². The number of carbonyl (C=O) groups is 1. The third-order valence-electron chi connectivity index (χ3n) is 2.36. The van der Waals surface area contributed by atoms with Crippen LogP contribution in [0, 0.1) is 0 Å². The molecule has 6 heteroatoms. The summed E-state index contributed by atoms with van der Waals surface area (Å²) in [6, 6.07) is 0. The molecule has 1 aromatic rings. The molecule has 0 aliphatic heterocycles. The number of hydrogen-bond donors (Lipinski definition) is 2. The zero-order valence-corrected chi connectivity index (χ0v) is 12.0. The van der Waals surface area contributed by atoms with E-state index in [0.29, 0.717) is 6.42 Å². The van der Waals surface area contributed by atoms with Crippen molar-refractivity contribution in [1.29, 1.82) is 0 Å². The van der Waals surface area contributed by atoms with Crippen LogP contribution in [0.2, 0.25) is 0 Å². The van der Waals surface area contributed by atoms with Gasteiger partial charge in [-0.1, -0.05) is 0 Å². The number of aliphatic carboxylic acids is 1. The van der Waals surface area contributed by atoms with Gasteiger partial charge in [0.2, 0.25) is 0 Å². The summed E-state index contributed by atoms with van der Waals surface area (Å²) in [6.07, 6.45) is 2.72. The van der Waals surface area contributed by atoms with Crippen molar-refractivity contribution in [3.63, 3.8) is 0 Å². The van der Waals surface area contributed by atoms with Gasteiger partial charge in [-0.2, -0.15) is 11.8 Å². The van der Waals surface area contributed by atoms with Crippen molar-refractivity contribution in [2.24, 2.45) is 0 Å². The molecule has 0 amide bonds. The van der Waals surface area contributed by atoms with Crippen LogP contribution in [0.3, 0.4) is 0 Å². The molecule has 2 N–H and O–H groups in total. The molecule has 0 atom stereocenters. The second-order valence-corrected chi connectivity index (χ2v) is 6.73. The highest BCUT2D eigenvalue weighted by molar-refractivity contribution is 7.99. The van der Waals surface area contributed by atoms with E-state index in [-0.39, 0.29) is 11.2 Å².